The number of benzene rings is 1. The van der Waals surface area contributed by atoms with Gasteiger partial charge in [0.1, 0.15) is 5.82 Å². The highest BCUT2D eigenvalue weighted by molar-refractivity contribution is 5.46. The molecule has 0 bridgehead atoms. The molecule has 3 nitrogen and oxygen atoms in total. The van der Waals surface area contributed by atoms with Crippen LogP contribution in [0.4, 0.5) is 10.1 Å². The minimum absolute atomic E-state index is 0.134. The van der Waals surface area contributed by atoms with Crippen LogP contribution in [0, 0.1) is 17.7 Å². The number of likely N-dealkylation sites (tertiary alicyclic amines) is 1. The maximum absolute atomic E-state index is 13.0. The zero-order valence-electron chi connectivity index (χ0n) is 10.3. The number of anilines is 1. The van der Waals surface area contributed by atoms with Crippen molar-refractivity contribution in [1.29, 1.82) is 0 Å². The van der Waals surface area contributed by atoms with E-state index in [1.54, 1.807) is 6.07 Å². The summed E-state index contributed by atoms with van der Waals surface area (Å²) in [6.45, 7) is 2.72. The highest BCUT2D eigenvalue weighted by Crippen LogP contribution is 2.38. The number of nitrogens with zero attached hydrogens (tertiary/aromatic N) is 1. The lowest BCUT2D eigenvalue weighted by Gasteiger charge is -2.19. The normalized spacial score (nSPS) is 31.8. The van der Waals surface area contributed by atoms with Crippen molar-refractivity contribution in [2.45, 2.75) is 25.5 Å². The van der Waals surface area contributed by atoms with Gasteiger partial charge in [-0.2, -0.15) is 0 Å². The molecule has 1 saturated carbocycles. The SMILES string of the molecule is Nc1cc(F)ccc1CN1CC2CCC(O)C2C1. The molecule has 1 aromatic rings. The maximum Gasteiger partial charge on any atom is 0.125 e. The lowest BCUT2D eigenvalue weighted by Crippen LogP contribution is -2.24. The van der Waals surface area contributed by atoms with Crippen molar-refractivity contribution in [2.24, 2.45) is 11.8 Å². The van der Waals surface area contributed by atoms with Crippen molar-refractivity contribution in [3.63, 3.8) is 0 Å². The van der Waals surface area contributed by atoms with E-state index in [2.05, 4.69) is 4.90 Å². The fourth-order valence-electron chi connectivity index (χ4n) is 3.41. The average Bonchev–Trinajstić information content (AvgIpc) is 2.86. The molecule has 0 spiro atoms. The van der Waals surface area contributed by atoms with Crippen LogP contribution in [0.1, 0.15) is 18.4 Å². The summed E-state index contributed by atoms with van der Waals surface area (Å²) in [4.78, 5) is 2.32. The summed E-state index contributed by atoms with van der Waals surface area (Å²) in [7, 11) is 0. The van der Waals surface area contributed by atoms with Crippen LogP contribution < -0.4 is 5.73 Å². The zero-order chi connectivity index (χ0) is 12.7. The second-order valence-electron chi connectivity index (χ2n) is 5.61. The fourth-order valence-corrected chi connectivity index (χ4v) is 3.41. The molecule has 1 saturated heterocycles. The Morgan fingerprint density at radius 2 is 2.17 bits per heavy atom. The average molecular weight is 250 g/mol. The number of fused-ring (bicyclic) bond motifs is 1. The summed E-state index contributed by atoms with van der Waals surface area (Å²) in [5, 5.41) is 9.87. The van der Waals surface area contributed by atoms with Gasteiger partial charge >= 0.3 is 0 Å². The summed E-state index contributed by atoms with van der Waals surface area (Å²) < 4.78 is 13.0. The standard InChI is InChI=1S/C14H19FN2O/c15-11-3-1-10(13(16)5-11)7-17-6-9-2-4-14(18)12(9)8-17/h1,3,5,9,12,14,18H,2,4,6-8,16H2. The second kappa shape index (κ2) is 4.52. The summed E-state index contributed by atoms with van der Waals surface area (Å²) >= 11 is 0. The van der Waals surface area contributed by atoms with Crippen molar-refractivity contribution in [2.75, 3.05) is 18.8 Å². The molecule has 1 aliphatic heterocycles. The maximum atomic E-state index is 13.0. The van der Waals surface area contributed by atoms with Crippen LogP contribution in [-0.2, 0) is 6.54 Å². The van der Waals surface area contributed by atoms with E-state index in [1.165, 1.54) is 12.1 Å². The third-order valence-electron chi connectivity index (χ3n) is 4.40. The Kier molecular flexibility index (Phi) is 2.99. The molecule has 3 N–H and O–H groups in total. The monoisotopic (exact) mass is 250 g/mol. The van der Waals surface area contributed by atoms with E-state index in [-0.39, 0.29) is 11.9 Å². The number of nitrogen functional groups attached to an aromatic ring is 1. The summed E-state index contributed by atoms with van der Waals surface area (Å²) in [6.07, 6.45) is 1.94. The number of aliphatic hydroxyl groups is 1. The zero-order valence-corrected chi connectivity index (χ0v) is 10.3. The van der Waals surface area contributed by atoms with Gasteiger partial charge in [0, 0.05) is 31.2 Å². The van der Waals surface area contributed by atoms with Crippen LogP contribution in [0.15, 0.2) is 18.2 Å². The number of aliphatic hydroxyl groups excluding tert-OH is 1. The predicted octanol–water partition coefficient (Wildman–Crippen LogP) is 1.61. The molecular weight excluding hydrogens is 231 g/mol. The van der Waals surface area contributed by atoms with Crippen molar-refractivity contribution in [1.82, 2.24) is 4.90 Å². The van der Waals surface area contributed by atoms with Crippen molar-refractivity contribution in [3.05, 3.63) is 29.6 Å². The molecule has 3 rings (SSSR count). The molecule has 1 aliphatic carbocycles. The Morgan fingerprint density at radius 3 is 2.89 bits per heavy atom. The number of halogens is 1. The first-order valence-electron chi connectivity index (χ1n) is 6.58. The van der Waals surface area contributed by atoms with E-state index in [0.29, 0.717) is 17.5 Å². The highest BCUT2D eigenvalue weighted by Gasteiger charge is 2.41. The minimum atomic E-state index is -0.287. The van der Waals surface area contributed by atoms with Crippen molar-refractivity contribution >= 4 is 5.69 Å². The second-order valence-corrected chi connectivity index (χ2v) is 5.61. The van der Waals surface area contributed by atoms with Gasteiger partial charge < -0.3 is 10.8 Å². The molecule has 4 heteroatoms. The molecule has 98 valence electrons. The van der Waals surface area contributed by atoms with Gasteiger partial charge in [0.25, 0.3) is 0 Å². The molecule has 2 aliphatic rings. The molecule has 3 unspecified atom stereocenters. The van der Waals surface area contributed by atoms with Gasteiger partial charge in [0.15, 0.2) is 0 Å². The molecule has 0 amide bonds. The first kappa shape index (κ1) is 11.9. The lowest BCUT2D eigenvalue weighted by molar-refractivity contribution is 0.123. The van der Waals surface area contributed by atoms with E-state index < -0.39 is 0 Å². The number of rotatable bonds is 2. The minimum Gasteiger partial charge on any atom is -0.398 e. The lowest BCUT2D eigenvalue weighted by atomic mass is 10.00. The molecule has 2 fully saturated rings. The summed E-state index contributed by atoms with van der Waals surface area (Å²) in [5.74, 6) is 0.762. The Labute approximate surface area is 106 Å². The fraction of sp³-hybridized carbons (Fsp3) is 0.571. The first-order valence-corrected chi connectivity index (χ1v) is 6.58. The van der Waals surface area contributed by atoms with Crippen molar-refractivity contribution in [3.8, 4) is 0 Å². The smallest absolute Gasteiger partial charge is 0.125 e. The summed E-state index contributed by atoms with van der Waals surface area (Å²) in [6, 6.07) is 4.59. The molecular formula is C14H19FN2O. The molecule has 0 radical (unpaired) electrons. The van der Waals surface area contributed by atoms with Gasteiger partial charge in [-0.25, -0.2) is 4.39 Å². The first-order chi connectivity index (χ1) is 8.63. The van der Waals surface area contributed by atoms with Crippen LogP contribution in [-0.4, -0.2) is 29.2 Å². The van der Waals surface area contributed by atoms with E-state index in [9.17, 15) is 9.50 Å². The van der Waals surface area contributed by atoms with Crippen LogP contribution in [0.25, 0.3) is 0 Å². The molecule has 3 atom stereocenters. The van der Waals surface area contributed by atoms with Crippen LogP contribution in [0.3, 0.4) is 0 Å². The third-order valence-corrected chi connectivity index (χ3v) is 4.40. The van der Waals surface area contributed by atoms with Crippen molar-refractivity contribution < 1.29 is 9.50 Å². The summed E-state index contributed by atoms with van der Waals surface area (Å²) in [5.41, 5.74) is 7.33. The van der Waals surface area contributed by atoms with Gasteiger partial charge in [0.05, 0.1) is 6.10 Å². The Bertz CT molecular complexity index is 451. The van der Waals surface area contributed by atoms with E-state index in [4.69, 9.17) is 5.73 Å². The number of nitrogens with two attached hydrogens (primary N) is 1. The topological polar surface area (TPSA) is 49.5 Å². The largest absolute Gasteiger partial charge is 0.398 e. The Morgan fingerprint density at radius 1 is 1.33 bits per heavy atom. The van der Waals surface area contributed by atoms with Gasteiger partial charge in [0.2, 0.25) is 0 Å². The molecule has 0 aromatic heterocycles. The molecule has 18 heavy (non-hydrogen) atoms. The quantitative estimate of drug-likeness (QED) is 0.784. The highest BCUT2D eigenvalue weighted by atomic mass is 19.1. The number of hydrogen-bond donors (Lipinski definition) is 2. The van der Waals surface area contributed by atoms with Crippen LogP contribution in [0.5, 0.6) is 0 Å². The Balaban J connectivity index is 1.68. The van der Waals surface area contributed by atoms with Crippen LogP contribution in [0.2, 0.25) is 0 Å². The van der Waals surface area contributed by atoms with Gasteiger partial charge in [-0.3, -0.25) is 4.90 Å². The van der Waals surface area contributed by atoms with Gasteiger partial charge in [-0.1, -0.05) is 6.07 Å². The van der Waals surface area contributed by atoms with E-state index in [0.717, 1.165) is 38.0 Å². The van der Waals surface area contributed by atoms with Gasteiger partial charge in [-0.15, -0.1) is 0 Å². The van der Waals surface area contributed by atoms with Gasteiger partial charge in [-0.05, 0) is 36.5 Å². The predicted molar refractivity (Wildman–Crippen MR) is 68.3 cm³/mol. The number of hydrogen-bond acceptors (Lipinski definition) is 3. The third kappa shape index (κ3) is 2.10. The van der Waals surface area contributed by atoms with E-state index >= 15 is 0 Å². The Hall–Kier alpha value is -1.13. The molecule has 1 aromatic carbocycles. The van der Waals surface area contributed by atoms with E-state index in [1.807, 2.05) is 0 Å². The van der Waals surface area contributed by atoms with Crippen LogP contribution >= 0.6 is 0 Å². The molecule has 1 heterocycles.